The van der Waals surface area contributed by atoms with Gasteiger partial charge in [-0.1, -0.05) is 12.1 Å². The van der Waals surface area contributed by atoms with Crippen molar-refractivity contribution in [2.24, 2.45) is 0 Å². The standard InChI is InChI=1S/C12H8F7/c13-10(11(14,15)16,12(17,18)19)9-6-2-4-7-3-1-5-8(7)9/h2,6H,1,3,5H2. The summed E-state index contributed by atoms with van der Waals surface area (Å²) in [4.78, 5) is 0. The van der Waals surface area contributed by atoms with Crippen LogP contribution in [0.25, 0.3) is 0 Å². The van der Waals surface area contributed by atoms with Crippen molar-refractivity contribution in [1.82, 2.24) is 0 Å². The summed E-state index contributed by atoms with van der Waals surface area (Å²) in [7, 11) is 0. The molecule has 0 bridgehead atoms. The Balaban J connectivity index is 2.68. The maximum atomic E-state index is 13.9. The molecule has 0 unspecified atom stereocenters. The Morgan fingerprint density at radius 1 is 0.895 bits per heavy atom. The Morgan fingerprint density at radius 2 is 1.47 bits per heavy atom. The van der Waals surface area contributed by atoms with Gasteiger partial charge in [0.05, 0.1) is 0 Å². The normalized spacial score (nSPS) is 16.6. The van der Waals surface area contributed by atoms with Crippen molar-refractivity contribution in [1.29, 1.82) is 0 Å². The molecule has 0 heterocycles. The highest BCUT2D eigenvalue weighted by molar-refractivity contribution is 5.42. The molecule has 0 atom stereocenters. The molecule has 1 aromatic carbocycles. The van der Waals surface area contributed by atoms with E-state index >= 15 is 0 Å². The topological polar surface area (TPSA) is 0 Å². The highest BCUT2D eigenvalue weighted by Gasteiger charge is 2.74. The zero-order valence-electron chi connectivity index (χ0n) is 9.42. The van der Waals surface area contributed by atoms with Crippen LogP contribution in [0, 0.1) is 6.07 Å². The summed E-state index contributed by atoms with van der Waals surface area (Å²) >= 11 is 0. The van der Waals surface area contributed by atoms with Crippen molar-refractivity contribution in [2.45, 2.75) is 37.3 Å². The predicted molar refractivity (Wildman–Crippen MR) is 52.2 cm³/mol. The minimum Gasteiger partial charge on any atom is -0.218 e. The number of benzene rings is 1. The third-order valence-corrected chi connectivity index (χ3v) is 3.20. The highest BCUT2D eigenvalue weighted by Crippen LogP contribution is 2.54. The van der Waals surface area contributed by atoms with Crippen LogP contribution in [0.15, 0.2) is 12.1 Å². The quantitative estimate of drug-likeness (QED) is 0.676. The van der Waals surface area contributed by atoms with Gasteiger partial charge in [-0.15, -0.1) is 0 Å². The third kappa shape index (κ3) is 1.99. The molecule has 0 saturated heterocycles. The van der Waals surface area contributed by atoms with Crippen LogP contribution >= 0.6 is 0 Å². The smallest absolute Gasteiger partial charge is 0.218 e. The van der Waals surface area contributed by atoms with Crippen molar-refractivity contribution in [3.8, 4) is 0 Å². The van der Waals surface area contributed by atoms with E-state index in [-0.39, 0.29) is 17.5 Å². The van der Waals surface area contributed by atoms with Crippen molar-refractivity contribution < 1.29 is 30.7 Å². The molecular weight excluding hydrogens is 277 g/mol. The summed E-state index contributed by atoms with van der Waals surface area (Å²) in [6.45, 7) is 0. The van der Waals surface area contributed by atoms with Crippen molar-refractivity contribution in [2.75, 3.05) is 0 Å². The largest absolute Gasteiger partial charge is 0.435 e. The van der Waals surface area contributed by atoms with E-state index in [9.17, 15) is 30.7 Å². The van der Waals surface area contributed by atoms with Crippen LogP contribution < -0.4 is 0 Å². The van der Waals surface area contributed by atoms with Gasteiger partial charge in [-0.2, -0.15) is 26.3 Å². The second-order valence-corrected chi connectivity index (χ2v) is 4.36. The van der Waals surface area contributed by atoms with Gasteiger partial charge in [-0.05, 0) is 36.5 Å². The SMILES string of the molecule is FC(F)(F)C(F)(c1cc[c]c2c1CCC2)C(F)(F)F. The monoisotopic (exact) mass is 285 g/mol. The second kappa shape index (κ2) is 4.11. The lowest BCUT2D eigenvalue weighted by atomic mass is 9.88. The Kier molecular flexibility index (Phi) is 3.06. The van der Waals surface area contributed by atoms with Crippen LogP contribution in [0.3, 0.4) is 0 Å². The highest BCUT2D eigenvalue weighted by atomic mass is 19.4. The Labute approximate surface area is 104 Å². The molecule has 0 nitrogen and oxygen atoms in total. The van der Waals surface area contributed by atoms with Gasteiger partial charge in [0.25, 0.3) is 0 Å². The van der Waals surface area contributed by atoms with E-state index < -0.39 is 23.6 Å². The summed E-state index contributed by atoms with van der Waals surface area (Å²) in [5.41, 5.74) is -6.67. The number of alkyl halides is 7. The van der Waals surface area contributed by atoms with E-state index in [1.807, 2.05) is 0 Å². The lowest BCUT2D eigenvalue weighted by molar-refractivity contribution is -0.348. The fourth-order valence-electron chi connectivity index (χ4n) is 2.32. The van der Waals surface area contributed by atoms with E-state index in [4.69, 9.17) is 0 Å². The van der Waals surface area contributed by atoms with Crippen molar-refractivity contribution >= 4 is 0 Å². The molecule has 0 aromatic heterocycles. The fraction of sp³-hybridized carbons (Fsp3) is 0.500. The van der Waals surface area contributed by atoms with Crippen molar-refractivity contribution in [3.63, 3.8) is 0 Å². The number of aryl methyl sites for hydroxylation is 1. The van der Waals surface area contributed by atoms with E-state index in [1.165, 1.54) is 0 Å². The number of hydrogen-bond acceptors (Lipinski definition) is 0. The first-order valence-electron chi connectivity index (χ1n) is 5.44. The van der Waals surface area contributed by atoms with Gasteiger partial charge >= 0.3 is 18.0 Å². The molecule has 105 valence electrons. The zero-order valence-corrected chi connectivity index (χ0v) is 9.42. The van der Waals surface area contributed by atoms with E-state index in [0.717, 1.165) is 6.07 Å². The minimum atomic E-state index is -6.05. The van der Waals surface area contributed by atoms with Crippen LogP contribution in [0.2, 0.25) is 0 Å². The van der Waals surface area contributed by atoms with Crippen LogP contribution in [0.4, 0.5) is 30.7 Å². The first kappa shape index (κ1) is 14.1. The molecule has 0 fully saturated rings. The molecule has 0 amide bonds. The van der Waals surface area contributed by atoms with Gasteiger partial charge in [0, 0.05) is 5.56 Å². The Hall–Kier alpha value is -1.27. The lowest BCUT2D eigenvalue weighted by Gasteiger charge is -2.31. The molecule has 0 aliphatic heterocycles. The van der Waals surface area contributed by atoms with Gasteiger partial charge in [0.2, 0.25) is 0 Å². The molecule has 1 aliphatic carbocycles. The summed E-state index contributed by atoms with van der Waals surface area (Å²) in [6.07, 6.45) is -11.4. The molecular formula is C12H8F7. The van der Waals surface area contributed by atoms with Crippen LogP contribution in [0.5, 0.6) is 0 Å². The van der Waals surface area contributed by atoms with Crippen molar-refractivity contribution in [3.05, 3.63) is 34.9 Å². The Bertz CT molecular complexity index is 470. The molecule has 7 heteroatoms. The number of fused-ring (bicyclic) bond motifs is 1. The van der Waals surface area contributed by atoms with Crippen LogP contribution in [0.1, 0.15) is 23.1 Å². The van der Waals surface area contributed by atoms with E-state index in [1.54, 1.807) is 0 Å². The van der Waals surface area contributed by atoms with Gasteiger partial charge in [0.15, 0.2) is 0 Å². The van der Waals surface area contributed by atoms with Crippen LogP contribution in [-0.4, -0.2) is 12.4 Å². The van der Waals surface area contributed by atoms with Gasteiger partial charge in [-0.3, -0.25) is 0 Å². The Morgan fingerprint density at radius 3 is 2.00 bits per heavy atom. The van der Waals surface area contributed by atoms with Crippen LogP contribution in [-0.2, 0) is 18.5 Å². The van der Waals surface area contributed by atoms with E-state index in [2.05, 4.69) is 6.07 Å². The third-order valence-electron chi connectivity index (χ3n) is 3.20. The number of halogens is 7. The summed E-state index contributed by atoms with van der Waals surface area (Å²) in [5, 5.41) is 0. The molecule has 1 aliphatic rings. The lowest BCUT2D eigenvalue weighted by Crippen LogP contribution is -2.51. The average molecular weight is 285 g/mol. The predicted octanol–water partition coefficient (Wildman–Crippen LogP) is 4.26. The summed E-state index contributed by atoms with van der Waals surface area (Å²) < 4.78 is 89.8. The summed E-state index contributed by atoms with van der Waals surface area (Å²) in [5.74, 6) is 0. The van der Waals surface area contributed by atoms with Gasteiger partial charge in [0.1, 0.15) is 0 Å². The second-order valence-electron chi connectivity index (χ2n) is 4.36. The number of rotatable bonds is 1. The first-order valence-corrected chi connectivity index (χ1v) is 5.44. The molecule has 0 N–H and O–H groups in total. The molecule has 0 saturated carbocycles. The molecule has 0 spiro atoms. The fourth-order valence-corrected chi connectivity index (χ4v) is 2.32. The summed E-state index contributed by atoms with van der Waals surface area (Å²) in [6, 6.07) is 3.99. The molecule has 1 radical (unpaired) electrons. The maximum absolute atomic E-state index is 13.9. The molecule has 1 aromatic rings. The molecule has 19 heavy (non-hydrogen) atoms. The number of hydrogen-bond donors (Lipinski definition) is 0. The zero-order chi connectivity index (χ0) is 14.5. The van der Waals surface area contributed by atoms with E-state index in [0.29, 0.717) is 18.9 Å². The maximum Gasteiger partial charge on any atom is 0.435 e. The van der Waals surface area contributed by atoms with Gasteiger partial charge in [-0.25, -0.2) is 4.39 Å². The average Bonchev–Trinajstić information content (AvgIpc) is 2.72. The van der Waals surface area contributed by atoms with Gasteiger partial charge < -0.3 is 0 Å². The first-order chi connectivity index (χ1) is 8.59. The minimum absolute atomic E-state index is 0.000162. The molecule has 2 rings (SSSR count).